The molecular weight excluding hydrogens is 218 g/mol. The first-order valence-electron chi connectivity index (χ1n) is 6.33. The highest BCUT2D eigenvalue weighted by Gasteiger charge is 2.37. The molecule has 0 radical (unpaired) electrons. The van der Waals surface area contributed by atoms with E-state index in [1.807, 2.05) is 0 Å². The summed E-state index contributed by atoms with van der Waals surface area (Å²) in [4.78, 5) is 23.0. The molecule has 1 fully saturated rings. The zero-order valence-corrected chi connectivity index (χ0v) is 11.0. The van der Waals surface area contributed by atoms with Gasteiger partial charge in [0.25, 0.3) is 0 Å². The number of hydrogen-bond acceptors (Lipinski definition) is 2. The van der Waals surface area contributed by atoms with Gasteiger partial charge in [-0.15, -0.1) is 0 Å². The molecule has 4 nitrogen and oxygen atoms in total. The lowest BCUT2D eigenvalue weighted by Gasteiger charge is -2.26. The van der Waals surface area contributed by atoms with E-state index in [-0.39, 0.29) is 5.91 Å². The number of carboxylic acids is 1. The maximum atomic E-state index is 11.9. The number of aliphatic carboxylic acids is 1. The Hall–Kier alpha value is -1.06. The number of carbonyl (C=O) groups is 2. The van der Waals surface area contributed by atoms with Gasteiger partial charge >= 0.3 is 5.97 Å². The Morgan fingerprint density at radius 3 is 2.24 bits per heavy atom. The summed E-state index contributed by atoms with van der Waals surface area (Å²) < 4.78 is 0. The van der Waals surface area contributed by atoms with Gasteiger partial charge in [-0.3, -0.25) is 9.59 Å². The molecule has 4 heteroatoms. The fourth-order valence-corrected chi connectivity index (χ4v) is 2.44. The van der Waals surface area contributed by atoms with Crippen LogP contribution in [0.1, 0.15) is 46.5 Å². The molecular formula is C13H23NO3. The molecule has 0 aromatic carbocycles. The summed E-state index contributed by atoms with van der Waals surface area (Å²) in [5, 5.41) is 11.9. The molecule has 1 amide bonds. The van der Waals surface area contributed by atoms with Crippen molar-refractivity contribution in [2.75, 3.05) is 6.54 Å². The van der Waals surface area contributed by atoms with E-state index >= 15 is 0 Å². The van der Waals surface area contributed by atoms with Crippen LogP contribution in [0.2, 0.25) is 0 Å². The Kier molecular flexibility index (Phi) is 4.54. The van der Waals surface area contributed by atoms with Gasteiger partial charge in [0.2, 0.25) is 5.91 Å². The minimum Gasteiger partial charge on any atom is -0.481 e. The molecule has 1 atom stereocenters. The van der Waals surface area contributed by atoms with Crippen LogP contribution in [0.3, 0.4) is 0 Å². The van der Waals surface area contributed by atoms with Crippen LogP contribution in [0.25, 0.3) is 0 Å². The summed E-state index contributed by atoms with van der Waals surface area (Å²) in [6.07, 6.45) is 4.74. The predicted molar refractivity (Wildman–Crippen MR) is 65.5 cm³/mol. The van der Waals surface area contributed by atoms with Crippen molar-refractivity contribution in [3.63, 3.8) is 0 Å². The Labute approximate surface area is 103 Å². The molecule has 98 valence electrons. The zero-order valence-electron chi connectivity index (χ0n) is 11.0. The highest BCUT2D eigenvalue weighted by atomic mass is 16.4. The van der Waals surface area contributed by atoms with E-state index in [4.69, 9.17) is 5.11 Å². The van der Waals surface area contributed by atoms with Crippen LogP contribution >= 0.6 is 0 Å². The largest absolute Gasteiger partial charge is 0.481 e. The van der Waals surface area contributed by atoms with Crippen molar-refractivity contribution in [1.29, 1.82) is 0 Å². The summed E-state index contributed by atoms with van der Waals surface area (Å²) in [5.41, 5.74) is -0.550. The molecule has 1 aliphatic carbocycles. The van der Waals surface area contributed by atoms with Gasteiger partial charge in [-0.05, 0) is 24.2 Å². The molecule has 2 N–H and O–H groups in total. The molecule has 17 heavy (non-hydrogen) atoms. The van der Waals surface area contributed by atoms with E-state index in [2.05, 4.69) is 5.32 Å². The third-order valence-electron chi connectivity index (χ3n) is 3.41. The third kappa shape index (κ3) is 4.02. The number of nitrogens with one attached hydrogen (secondary N) is 1. The second-order valence-electron chi connectivity index (χ2n) is 6.03. The van der Waals surface area contributed by atoms with Gasteiger partial charge in [0, 0.05) is 6.54 Å². The van der Waals surface area contributed by atoms with Gasteiger partial charge in [0.05, 0.1) is 0 Å². The molecule has 0 aliphatic heterocycles. The van der Waals surface area contributed by atoms with Gasteiger partial charge in [-0.1, -0.05) is 33.6 Å². The van der Waals surface area contributed by atoms with Crippen LogP contribution < -0.4 is 5.32 Å². The fourth-order valence-electron chi connectivity index (χ4n) is 2.44. The smallest absolute Gasteiger partial charge is 0.316 e. The molecule has 1 saturated carbocycles. The van der Waals surface area contributed by atoms with Crippen molar-refractivity contribution < 1.29 is 14.7 Å². The number of carbonyl (C=O) groups excluding carboxylic acids is 1. The average Bonchev–Trinajstić information content (AvgIpc) is 2.63. The van der Waals surface area contributed by atoms with Crippen LogP contribution in [-0.4, -0.2) is 23.5 Å². The van der Waals surface area contributed by atoms with Crippen molar-refractivity contribution in [2.24, 2.45) is 17.3 Å². The summed E-state index contributed by atoms with van der Waals surface area (Å²) in [6.45, 7) is 5.96. The molecule has 0 heterocycles. The maximum Gasteiger partial charge on any atom is 0.316 e. The van der Waals surface area contributed by atoms with Crippen LogP contribution in [0.15, 0.2) is 0 Å². The SMILES string of the molecule is CC(C)(C)C(C(=O)O)C(=O)NCC1CCCC1. The summed E-state index contributed by atoms with van der Waals surface area (Å²) in [6, 6.07) is 0. The Morgan fingerprint density at radius 1 is 1.29 bits per heavy atom. The normalized spacial score (nSPS) is 19.0. The molecule has 0 bridgehead atoms. The third-order valence-corrected chi connectivity index (χ3v) is 3.41. The van der Waals surface area contributed by atoms with Gasteiger partial charge in [0.15, 0.2) is 0 Å². The second kappa shape index (κ2) is 5.52. The molecule has 0 spiro atoms. The monoisotopic (exact) mass is 241 g/mol. The number of carboxylic acid groups (broad SMARTS) is 1. The summed E-state index contributed by atoms with van der Waals surface area (Å²) >= 11 is 0. The maximum absolute atomic E-state index is 11.9. The van der Waals surface area contributed by atoms with Crippen LogP contribution in [0, 0.1) is 17.3 Å². The van der Waals surface area contributed by atoms with Crippen LogP contribution in [-0.2, 0) is 9.59 Å². The fraction of sp³-hybridized carbons (Fsp3) is 0.846. The molecule has 1 rings (SSSR count). The van der Waals surface area contributed by atoms with Crippen LogP contribution in [0.4, 0.5) is 0 Å². The summed E-state index contributed by atoms with van der Waals surface area (Å²) in [5.74, 6) is -1.82. The first-order chi connectivity index (χ1) is 7.82. The molecule has 0 saturated heterocycles. The van der Waals surface area contributed by atoms with Crippen molar-refractivity contribution in [1.82, 2.24) is 5.32 Å². The highest BCUT2D eigenvalue weighted by molar-refractivity contribution is 5.97. The molecule has 0 aromatic rings. The minimum absolute atomic E-state index is 0.350. The van der Waals surface area contributed by atoms with Crippen molar-refractivity contribution >= 4 is 11.9 Å². The molecule has 0 aromatic heterocycles. The van der Waals surface area contributed by atoms with Gasteiger partial charge in [-0.2, -0.15) is 0 Å². The predicted octanol–water partition coefficient (Wildman–Crippen LogP) is 2.04. The van der Waals surface area contributed by atoms with Gasteiger partial charge in [-0.25, -0.2) is 0 Å². The second-order valence-corrected chi connectivity index (χ2v) is 6.03. The Bertz CT molecular complexity index is 288. The average molecular weight is 241 g/mol. The van der Waals surface area contributed by atoms with Crippen molar-refractivity contribution in [2.45, 2.75) is 46.5 Å². The van der Waals surface area contributed by atoms with E-state index < -0.39 is 17.3 Å². The van der Waals surface area contributed by atoms with Crippen LogP contribution in [0.5, 0.6) is 0 Å². The summed E-state index contributed by atoms with van der Waals surface area (Å²) in [7, 11) is 0. The minimum atomic E-state index is -1.04. The number of amides is 1. The Morgan fingerprint density at radius 2 is 1.82 bits per heavy atom. The van der Waals surface area contributed by atoms with Gasteiger partial charge in [0.1, 0.15) is 5.92 Å². The highest BCUT2D eigenvalue weighted by Crippen LogP contribution is 2.27. The standard InChI is InChI=1S/C13H23NO3/c1-13(2,3)10(12(16)17)11(15)14-8-9-6-4-5-7-9/h9-10H,4-8H2,1-3H3,(H,14,15)(H,16,17). The van der Waals surface area contributed by atoms with E-state index in [1.165, 1.54) is 12.8 Å². The van der Waals surface area contributed by atoms with E-state index in [1.54, 1.807) is 20.8 Å². The number of rotatable bonds is 4. The van der Waals surface area contributed by atoms with Crippen molar-refractivity contribution in [3.8, 4) is 0 Å². The number of hydrogen-bond donors (Lipinski definition) is 2. The lowest BCUT2D eigenvalue weighted by molar-refractivity contribution is -0.151. The van der Waals surface area contributed by atoms with E-state index in [0.717, 1.165) is 12.8 Å². The molecule has 1 aliphatic rings. The Balaban J connectivity index is 2.51. The quantitative estimate of drug-likeness (QED) is 0.740. The lowest BCUT2D eigenvalue weighted by Crippen LogP contribution is -2.43. The first kappa shape index (κ1) is 14.0. The van der Waals surface area contributed by atoms with E-state index in [9.17, 15) is 9.59 Å². The van der Waals surface area contributed by atoms with E-state index in [0.29, 0.717) is 12.5 Å². The first-order valence-corrected chi connectivity index (χ1v) is 6.33. The lowest BCUT2D eigenvalue weighted by atomic mass is 9.80. The molecule has 1 unspecified atom stereocenters. The topological polar surface area (TPSA) is 66.4 Å². The van der Waals surface area contributed by atoms with Gasteiger partial charge < -0.3 is 10.4 Å². The zero-order chi connectivity index (χ0) is 13.1. The van der Waals surface area contributed by atoms with Crippen molar-refractivity contribution in [3.05, 3.63) is 0 Å².